The van der Waals surface area contributed by atoms with Gasteiger partial charge in [0.15, 0.2) is 6.61 Å². The van der Waals surface area contributed by atoms with Crippen LogP contribution in [0.4, 0.5) is 0 Å². The predicted octanol–water partition coefficient (Wildman–Crippen LogP) is 3.05. The molecule has 0 bridgehead atoms. The highest BCUT2D eigenvalue weighted by molar-refractivity contribution is 5.94. The van der Waals surface area contributed by atoms with Gasteiger partial charge in [0, 0.05) is 6.07 Å². The van der Waals surface area contributed by atoms with Gasteiger partial charge in [0.2, 0.25) is 0 Å². The van der Waals surface area contributed by atoms with Crippen LogP contribution in [0.3, 0.4) is 0 Å². The summed E-state index contributed by atoms with van der Waals surface area (Å²) in [6.07, 6.45) is 2.92. The molecule has 1 amide bonds. The van der Waals surface area contributed by atoms with Gasteiger partial charge in [0.25, 0.3) is 5.91 Å². The molecule has 0 spiro atoms. The molecule has 1 atom stereocenters. The summed E-state index contributed by atoms with van der Waals surface area (Å²) < 4.78 is 15.5. The molecule has 1 aliphatic rings. The lowest BCUT2D eigenvalue weighted by molar-refractivity contribution is -0.125. The van der Waals surface area contributed by atoms with Gasteiger partial charge in [-0.3, -0.25) is 4.79 Å². The minimum absolute atomic E-state index is 0.0447. The molecule has 1 aliphatic carbocycles. The van der Waals surface area contributed by atoms with Crippen LogP contribution in [0.15, 0.2) is 42.5 Å². The first-order valence-electron chi connectivity index (χ1n) is 8.88. The maximum absolute atomic E-state index is 12.3. The first kappa shape index (κ1) is 18.8. The quantitative estimate of drug-likeness (QED) is 0.792. The Kier molecular flexibility index (Phi) is 5.96. The second-order valence-electron chi connectivity index (χ2n) is 6.35. The van der Waals surface area contributed by atoms with Crippen molar-refractivity contribution < 1.29 is 23.8 Å². The van der Waals surface area contributed by atoms with Crippen LogP contribution in [0.25, 0.3) is 0 Å². The highest BCUT2D eigenvalue weighted by Gasteiger charge is 2.22. The number of fused-ring (bicyclic) bond motifs is 1. The Bertz CT molecular complexity index is 833. The van der Waals surface area contributed by atoms with E-state index in [1.807, 2.05) is 18.2 Å². The summed E-state index contributed by atoms with van der Waals surface area (Å²) in [7, 11) is 2.99. The fourth-order valence-corrected chi connectivity index (χ4v) is 3.32. The van der Waals surface area contributed by atoms with Gasteiger partial charge in [-0.2, -0.15) is 0 Å². The Morgan fingerprint density at radius 2 is 1.93 bits per heavy atom. The van der Waals surface area contributed by atoms with Gasteiger partial charge in [-0.15, -0.1) is 0 Å². The molecule has 3 rings (SSSR count). The Morgan fingerprint density at radius 1 is 1.11 bits per heavy atom. The zero-order valence-electron chi connectivity index (χ0n) is 15.5. The van der Waals surface area contributed by atoms with Gasteiger partial charge in [0.1, 0.15) is 17.1 Å². The highest BCUT2D eigenvalue weighted by atomic mass is 16.5. The fourth-order valence-electron chi connectivity index (χ4n) is 3.32. The van der Waals surface area contributed by atoms with E-state index < -0.39 is 5.97 Å². The van der Waals surface area contributed by atoms with E-state index in [4.69, 9.17) is 14.2 Å². The largest absolute Gasteiger partial charge is 0.497 e. The maximum Gasteiger partial charge on any atom is 0.342 e. The molecular formula is C21H23NO5. The molecule has 2 aromatic rings. The summed E-state index contributed by atoms with van der Waals surface area (Å²) in [5, 5.41) is 2.96. The molecule has 0 saturated heterocycles. The van der Waals surface area contributed by atoms with Gasteiger partial charge < -0.3 is 19.5 Å². The number of carbonyl (C=O) groups is 2. The van der Waals surface area contributed by atoms with Crippen molar-refractivity contribution in [3.8, 4) is 11.5 Å². The van der Waals surface area contributed by atoms with Crippen molar-refractivity contribution in [2.75, 3.05) is 20.8 Å². The Morgan fingerprint density at radius 3 is 2.70 bits per heavy atom. The normalized spacial score (nSPS) is 15.4. The van der Waals surface area contributed by atoms with Crippen LogP contribution in [0.1, 0.15) is 40.4 Å². The third-order valence-corrected chi connectivity index (χ3v) is 4.67. The monoisotopic (exact) mass is 369 g/mol. The summed E-state index contributed by atoms with van der Waals surface area (Å²) >= 11 is 0. The second-order valence-corrected chi connectivity index (χ2v) is 6.35. The molecule has 0 heterocycles. The van der Waals surface area contributed by atoms with Crippen LogP contribution in [0.5, 0.6) is 11.5 Å². The van der Waals surface area contributed by atoms with Crippen molar-refractivity contribution in [2.45, 2.75) is 25.3 Å². The van der Waals surface area contributed by atoms with E-state index in [0.717, 1.165) is 24.8 Å². The van der Waals surface area contributed by atoms with Gasteiger partial charge in [0.05, 0.1) is 20.3 Å². The second kappa shape index (κ2) is 8.58. The first-order valence-corrected chi connectivity index (χ1v) is 8.88. The van der Waals surface area contributed by atoms with E-state index in [1.165, 1.54) is 19.8 Å². The van der Waals surface area contributed by atoms with Crippen LogP contribution >= 0.6 is 0 Å². The van der Waals surface area contributed by atoms with Gasteiger partial charge in [-0.25, -0.2) is 4.79 Å². The fraction of sp³-hybridized carbons (Fsp3) is 0.333. The van der Waals surface area contributed by atoms with E-state index >= 15 is 0 Å². The smallest absolute Gasteiger partial charge is 0.342 e. The van der Waals surface area contributed by atoms with E-state index in [1.54, 1.807) is 18.2 Å². The van der Waals surface area contributed by atoms with Crippen molar-refractivity contribution in [1.82, 2.24) is 5.32 Å². The zero-order valence-corrected chi connectivity index (χ0v) is 15.5. The third-order valence-electron chi connectivity index (χ3n) is 4.67. The Labute approximate surface area is 158 Å². The molecule has 6 nitrogen and oxygen atoms in total. The maximum atomic E-state index is 12.3. The molecule has 142 valence electrons. The predicted molar refractivity (Wildman–Crippen MR) is 100 cm³/mol. The molecule has 6 heteroatoms. The molecule has 0 saturated carbocycles. The number of ether oxygens (including phenoxy) is 3. The van der Waals surface area contributed by atoms with Gasteiger partial charge >= 0.3 is 5.97 Å². The van der Waals surface area contributed by atoms with Crippen molar-refractivity contribution in [3.05, 3.63) is 59.2 Å². The van der Waals surface area contributed by atoms with E-state index in [2.05, 4.69) is 11.4 Å². The molecule has 0 fully saturated rings. The van der Waals surface area contributed by atoms with E-state index in [-0.39, 0.29) is 24.1 Å². The third kappa shape index (κ3) is 4.39. The first-order chi connectivity index (χ1) is 13.1. The van der Waals surface area contributed by atoms with Crippen molar-refractivity contribution in [3.63, 3.8) is 0 Å². The van der Waals surface area contributed by atoms with Crippen LogP contribution in [0, 0.1) is 0 Å². The molecule has 1 unspecified atom stereocenters. The number of hydrogen-bond acceptors (Lipinski definition) is 5. The number of nitrogens with one attached hydrogen (secondary N) is 1. The topological polar surface area (TPSA) is 73.9 Å². The van der Waals surface area contributed by atoms with Crippen molar-refractivity contribution in [2.24, 2.45) is 0 Å². The van der Waals surface area contributed by atoms with Crippen LogP contribution in [-0.4, -0.2) is 32.7 Å². The van der Waals surface area contributed by atoms with Crippen molar-refractivity contribution >= 4 is 11.9 Å². The van der Waals surface area contributed by atoms with E-state index in [9.17, 15) is 9.59 Å². The Balaban J connectivity index is 1.59. The number of rotatable bonds is 6. The molecule has 0 aliphatic heterocycles. The summed E-state index contributed by atoms with van der Waals surface area (Å²) in [5.41, 5.74) is 2.64. The lowest BCUT2D eigenvalue weighted by Crippen LogP contribution is -2.34. The SMILES string of the molecule is COc1ccc(C(=O)OCC(=O)NC2CCCc3ccccc32)c(OC)c1. The number of benzene rings is 2. The van der Waals surface area contributed by atoms with Crippen molar-refractivity contribution in [1.29, 1.82) is 0 Å². The van der Waals surface area contributed by atoms with Crippen LogP contribution < -0.4 is 14.8 Å². The number of carbonyl (C=O) groups excluding carboxylic acids is 2. The molecule has 0 radical (unpaired) electrons. The van der Waals surface area contributed by atoms with Gasteiger partial charge in [-0.05, 0) is 42.5 Å². The summed E-state index contributed by atoms with van der Waals surface area (Å²) in [5.74, 6) is -0.0377. The number of hydrogen-bond donors (Lipinski definition) is 1. The zero-order chi connectivity index (χ0) is 19.2. The number of esters is 1. The number of methoxy groups -OCH3 is 2. The highest BCUT2D eigenvalue weighted by Crippen LogP contribution is 2.29. The molecule has 1 N–H and O–H groups in total. The average molecular weight is 369 g/mol. The molecule has 0 aromatic heterocycles. The minimum Gasteiger partial charge on any atom is -0.497 e. The summed E-state index contributed by atoms with van der Waals surface area (Å²) in [6, 6.07) is 12.8. The standard InChI is InChI=1S/C21H23NO5/c1-25-15-10-11-17(19(12-15)26-2)21(24)27-13-20(23)22-18-9-5-7-14-6-3-4-8-16(14)18/h3-4,6,8,10-12,18H,5,7,9,13H2,1-2H3,(H,22,23). The Hall–Kier alpha value is -3.02. The number of aryl methyl sites for hydroxylation is 1. The van der Waals surface area contributed by atoms with Gasteiger partial charge in [-0.1, -0.05) is 24.3 Å². The number of amides is 1. The lowest BCUT2D eigenvalue weighted by Gasteiger charge is -2.26. The minimum atomic E-state index is -0.617. The summed E-state index contributed by atoms with van der Waals surface area (Å²) in [6.45, 7) is -0.341. The molecule has 27 heavy (non-hydrogen) atoms. The molecular weight excluding hydrogens is 346 g/mol. The van der Waals surface area contributed by atoms with Crippen LogP contribution in [0.2, 0.25) is 0 Å². The van der Waals surface area contributed by atoms with Crippen LogP contribution in [-0.2, 0) is 16.0 Å². The lowest BCUT2D eigenvalue weighted by atomic mass is 9.88. The average Bonchev–Trinajstić information content (AvgIpc) is 2.71. The van der Waals surface area contributed by atoms with E-state index in [0.29, 0.717) is 11.5 Å². The summed E-state index contributed by atoms with van der Waals surface area (Å²) in [4.78, 5) is 24.6. The molecule has 2 aromatic carbocycles.